The molecule has 1 amide bonds. The third-order valence-corrected chi connectivity index (χ3v) is 8.71. The van der Waals surface area contributed by atoms with E-state index in [9.17, 15) is 27.5 Å². The number of carbonyl (C=O) groups excluding carboxylic acids is 1. The number of sulfonamides is 1. The Hall–Kier alpha value is -4.92. The van der Waals surface area contributed by atoms with Crippen LogP contribution in [0.15, 0.2) is 54.0 Å². The van der Waals surface area contributed by atoms with E-state index in [1.807, 2.05) is 6.92 Å². The highest BCUT2D eigenvalue weighted by Gasteiger charge is 2.31. The Morgan fingerprint density at radius 3 is 2.55 bits per heavy atom. The molecule has 44 heavy (non-hydrogen) atoms. The van der Waals surface area contributed by atoms with Gasteiger partial charge in [-0.1, -0.05) is 12.6 Å². The lowest BCUT2D eigenvalue weighted by atomic mass is 10.1. The molecule has 1 N–H and O–H groups in total. The number of carbonyl (C=O) groups is 1. The van der Waals surface area contributed by atoms with Crippen LogP contribution in [0, 0.1) is 18.6 Å². The number of hydrogen-bond acceptors (Lipinski definition) is 9. The molecule has 0 bridgehead atoms. The summed E-state index contributed by atoms with van der Waals surface area (Å²) in [5, 5.41) is 10.5. The third kappa shape index (κ3) is 5.23. The quantitative estimate of drug-likeness (QED) is 0.320. The number of pyridine rings is 2. The molecule has 1 aliphatic rings. The Morgan fingerprint density at radius 2 is 1.91 bits per heavy atom. The minimum atomic E-state index is -3.86. The van der Waals surface area contributed by atoms with Gasteiger partial charge >= 0.3 is 5.69 Å². The average molecular weight is 626 g/mol. The maximum absolute atomic E-state index is 15.9. The van der Waals surface area contributed by atoms with Crippen LogP contribution in [0.4, 0.5) is 20.4 Å². The van der Waals surface area contributed by atoms with Gasteiger partial charge in [-0.2, -0.15) is 4.98 Å². The summed E-state index contributed by atoms with van der Waals surface area (Å²) in [7, 11) is -2.60. The fraction of sp³-hybridized carbons (Fsp3) is 0.276. The Labute approximate surface area is 251 Å². The molecule has 0 radical (unpaired) electrons. The Balaban J connectivity index is 1.86. The summed E-state index contributed by atoms with van der Waals surface area (Å²) < 4.78 is 57.8. The second kappa shape index (κ2) is 11.3. The van der Waals surface area contributed by atoms with Crippen molar-refractivity contribution in [3.05, 3.63) is 76.9 Å². The molecular weight excluding hydrogens is 596 g/mol. The first-order valence-electron chi connectivity index (χ1n) is 13.4. The topological polar surface area (TPSA) is 142 Å². The summed E-state index contributed by atoms with van der Waals surface area (Å²) in [4.78, 5) is 42.4. The number of benzene rings is 1. The second-order valence-corrected chi connectivity index (χ2v) is 12.5. The molecule has 5 rings (SSSR count). The highest BCUT2D eigenvalue weighted by Crippen LogP contribution is 2.37. The van der Waals surface area contributed by atoms with Crippen LogP contribution in [0.25, 0.3) is 28.0 Å². The molecule has 4 aromatic rings. The van der Waals surface area contributed by atoms with E-state index in [4.69, 9.17) is 0 Å². The summed E-state index contributed by atoms with van der Waals surface area (Å²) in [6.45, 7) is 7.71. The average Bonchev–Trinajstić information content (AvgIpc) is 2.96. The van der Waals surface area contributed by atoms with Crippen LogP contribution in [0.3, 0.4) is 0 Å². The van der Waals surface area contributed by atoms with Crippen molar-refractivity contribution in [3.63, 3.8) is 0 Å². The first kappa shape index (κ1) is 30.5. The molecule has 230 valence electrons. The first-order valence-corrected chi connectivity index (χ1v) is 15.3. The normalized spacial score (nSPS) is 15.5. The number of aromatic hydroxyl groups is 1. The van der Waals surface area contributed by atoms with Gasteiger partial charge < -0.3 is 14.9 Å². The molecule has 0 aliphatic carbocycles. The van der Waals surface area contributed by atoms with Gasteiger partial charge in [0.25, 0.3) is 0 Å². The van der Waals surface area contributed by atoms with Gasteiger partial charge in [0, 0.05) is 38.9 Å². The lowest BCUT2D eigenvalue weighted by Gasteiger charge is -2.40. The van der Waals surface area contributed by atoms with E-state index in [0.717, 1.165) is 27.3 Å². The predicted molar refractivity (Wildman–Crippen MR) is 162 cm³/mol. The fourth-order valence-corrected chi connectivity index (χ4v) is 5.70. The molecule has 0 unspecified atom stereocenters. The van der Waals surface area contributed by atoms with Gasteiger partial charge in [-0.15, -0.1) is 0 Å². The number of rotatable bonds is 6. The van der Waals surface area contributed by atoms with Crippen molar-refractivity contribution in [2.45, 2.75) is 19.9 Å². The summed E-state index contributed by atoms with van der Waals surface area (Å²) >= 11 is 0. The van der Waals surface area contributed by atoms with Crippen molar-refractivity contribution < 1.29 is 27.1 Å². The van der Waals surface area contributed by atoms with Crippen molar-refractivity contribution in [1.29, 1.82) is 0 Å². The monoisotopic (exact) mass is 625 g/mol. The molecule has 15 heteroatoms. The van der Waals surface area contributed by atoms with Crippen LogP contribution >= 0.6 is 0 Å². The van der Waals surface area contributed by atoms with E-state index in [1.165, 1.54) is 31.5 Å². The molecule has 1 aliphatic heterocycles. The third-order valence-electron chi connectivity index (χ3n) is 7.54. The van der Waals surface area contributed by atoms with E-state index >= 15 is 4.39 Å². The number of piperazine rings is 1. The van der Waals surface area contributed by atoms with Crippen LogP contribution in [0.1, 0.15) is 12.5 Å². The van der Waals surface area contributed by atoms with Crippen molar-refractivity contribution in [2.24, 2.45) is 0 Å². The maximum Gasteiger partial charge on any atom is 0.355 e. The number of aryl methyl sites for hydroxylation is 1. The second-order valence-electron chi connectivity index (χ2n) is 10.4. The molecule has 1 atom stereocenters. The van der Waals surface area contributed by atoms with Crippen LogP contribution < -0.4 is 14.9 Å². The largest absolute Gasteiger partial charge is 0.507 e. The number of amides is 1. The minimum Gasteiger partial charge on any atom is -0.507 e. The molecule has 1 saturated heterocycles. The number of phenols is 1. The van der Waals surface area contributed by atoms with Crippen LogP contribution in [-0.4, -0.2) is 82.8 Å². The highest BCUT2D eigenvalue weighted by atomic mass is 32.2. The van der Waals surface area contributed by atoms with E-state index in [2.05, 4.69) is 21.5 Å². The lowest BCUT2D eigenvalue weighted by Crippen LogP contribution is -2.54. The number of anilines is 2. The molecular formula is C29H29F2N7O5S. The predicted octanol–water partition coefficient (Wildman–Crippen LogP) is 2.75. The summed E-state index contributed by atoms with van der Waals surface area (Å²) in [5.74, 6) is -2.86. The van der Waals surface area contributed by atoms with Crippen molar-refractivity contribution in [3.8, 4) is 22.7 Å². The first-order chi connectivity index (χ1) is 20.7. The van der Waals surface area contributed by atoms with Gasteiger partial charge in [-0.25, -0.2) is 36.5 Å². The summed E-state index contributed by atoms with van der Waals surface area (Å²) in [5.41, 5.74) is -1.76. The maximum atomic E-state index is 15.9. The van der Waals surface area contributed by atoms with E-state index in [0.29, 0.717) is 5.56 Å². The molecule has 1 aromatic carbocycles. The van der Waals surface area contributed by atoms with Gasteiger partial charge in [0.15, 0.2) is 17.3 Å². The number of aromatic nitrogens is 4. The van der Waals surface area contributed by atoms with Crippen molar-refractivity contribution in [2.75, 3.05) is 42.1 Å². The number of fused-ring (bicyclic) bond motifs is 1. The number of nitrogens with zero attached hydrogens (tertiary/aromatic N) is 7. The zero-order valence-corrected chi connectivity index (χ0v) is 25.1. The molecule has 12 nitrogen and oxygen atoms in total. The summed E-state index contributed by atoms with van der Waals surface area (Å²) in [6, 6.07) is 5.67. The number of halogens is 2. The van der Waals surface area contributed by atoms with Gasteiger partial charge in [0.1, 0.15) is 23.1 Å². The van der Waals surface area contributed by atoms with Crippen molar-refractivity contribution >= 4 is 38.6 Å². The Kier molecular flexibility index (Phi) is 7.84. The Bertz CT molecular complexity index is 1980. The number of phenolic OH excluding ortho intramolecular Hbond substituents is 1. The standard InChI is InChI=1S/C29H29F2N7O5S/c1-6-22(40)36-12-13-37(17(3)15-36)26-18-14-20(31)24(23-19(30)8-7-9-21(23)39)33-27(18)38(29(41)34-26)25-16(2)10-11-32-28(25)35(4)44(5,42)43/h6-11,14,17,39H,1,12-13,15H2,2-5H3/t17-/m0/s1. The molecule has 1 fully saturated rings. The highest BCUT2D eigenvalue weighted by molar-refractivity contribution is 7.92. The van der Waals surface area contributed by atoms with E-state index < -0.39 is 44.4 Å². The molecule has 3 aromatic heterocycles. The lowest BCUT2D eigenvalue weighted by molar-refractivity contribution is -0.126. The van der Waals surface area contributed by atoms with Gasteiger partial charge in [-0.05, 0) is 49.8 Å². The van der Waals surface area contributed by atoms with Gasteiger partial charge in [0.05, 0.1) is 22.9 Å². The fourth-order valence-electron chi connectivity index (χ4n) is 5.25. The summed E-state index contributed by atoms with van der Waals surface area (Å²) in [6.07, 6.45) is 3.54. The van der Waals surface area contributed by atoms with Crippen molar-refractivity contribution in [1.82, 2.24) is 24.4 Å². The van der Waals surface area contributed by atoms with Gasteiger partial charge in [0.2, 0.25) is 15.9 Å². The van der Waals surface area contributed by atoms with Crippen LogP contribution in [0.2, 0.25) is 0 Å². The smallest absolute Gasteiger partial charge is 0.355 e. The zero-order valence-electron chi connectivity index (χ0n) is 24.3. The van der Waals surface area contributed by atoms with E-state index in [-0.39, 0.29) is 59.9 Å². The van der Waals surface area contributed by atoms with Crippen LogP contribution in [-0.2, 0) is 14.8 Å². The SMILES string of the molecule is C=CC(=O)N1CCN(c2nc(=O)n(-c3c(C)ccnc3N(C)S(C)(=O)=O)c3nc(-c4c(O)cccc4F)c(F)cc23)[C@@H](C)C1. The Morgan fingerprint density at radius 1 is 1.18 bits per heavy atom. The molecule has 0 saturated carbocycles. The van der Waals surface area contributed by atoms with E-state index in [1.54, 1.807) is 22.8 Å². The minimum absolute atomic E-state index is 0.00624. The zero-order chi connectivity index (χ0) is 32.1. The van der Waals surface area contributed by atoms with Gasteiger partial charge in [-0.3, -0.25) is 9.10 Å². The molecule has 0 spiro atoms. The number of hydrogen-bond donors (Lipinski definition) is 1. The van der Waals surface area contributed by atoms with Crippen LogP contribution in [0.5, 0.6) is 5.75 Å². The molecule has 4 heterocycles.